The summed E-state index contributed by atoms with van der Waals surface area (Å²) in [6.45, 7) is 2.18. The van der Waals surface area contributed by atoms with Crippen LogP contribution in [0.2, 0.25) is 0 Å². The minimum atomic E-state index is -4.02. The topological polar surface area (TPSA) is 75.7 Å². The van der Waals surface area contributed by atoms with Gasteiger partial charge in [-0.2, -0.15) is 4.72 Å². The van der Waals surface area contributed by atoms with Crippen LogP contribution < -0.4 is 9.46 Å². The molecule has 1 unspecified atom stereocenters. The summed E-state index contributed by atoms with van der Waals surface area (Å²) in [5.41, 5.74) is 2.60. The van der Waals surface area contributed by atoms with Crippen LogP contribution in [0.25, 0.3) is 0 Å². The lowest BCUT2D eigenvalue weighted by Gasteiger charge is -2.25. The molecule has 0 aliphatic heterocycles. The fourth-order valence-corrected chi connectivity index (χ4v) is 4.92. The Hall–Kier alpha value is -3.16. The van der Waals surface area contributed by atoms with Gasteiger partial charge in [0, 0.05) is 13.6 Å². The van der Waals surface area contributed by atoms with E-state index in [1.165, 1.54) is 7.11 Å². The predicted octanol–water partition coefficient (Wildman–Crippen LogP) is 3.55. The number of likely N-dealkylation sites (N-methyl/N-ethyl adjacent to an activating group) is 1. The van der Waals surface area contributed by atoms with E-state index in [0.717, 1.165) is 16.7 Å². The number of sulfonamides is 1. The highest BCUT2D eigenvalue weighted by Gasteiger charge is 2.30. The van der Waals surface area contributed by atoms with Crippen molar-refractivity contribution in [1.82, 2.24) is 9.62 Å². The quantitative estimate of drug-likeness (QED) is 0.539. The summed E-state index contributed by atoms with van der Waals surface area (Å²) in [5, 5.41) is 0. The molecule has 0 bridgehead atoms. The highest BCUT2D eigenvalue weighted by molar-refractivity contribution is 7.89. The van der Waals surface area contributed by atoms with Gasteiger partial charge in [-0.15, -0.1) is 0 Å². The molecule has 0 heterocycles. The Balaban J connectivity index is 1.90. The number of carbonyl (C=O) groups excluding carboxylic acids is 1. The van der Waals surface area contributed by atoms with Gasteiger partial charge in [0.15, 0.2) is 0 Å². The standard InChI is InChI=1S/C25H28N2O4S/c1-19-14-15-23(31-3)24(16-19)32(29,30)26-22(17-20-10-6-4-7-11-20)25(28)27(2)18-21-12-8-5-9-13-21/h4-16,22,26H,17-18H2,1-3H3. The van der Waals surface area contributed by atoms with Crippen LogP contribution in [0.1, 0.15) is 16.7 Å². The molecule has 32 heavy (non-hydrogen) atoms. The number of hydrogen-bond acceptors (Lipinski definition) is 4. The van der Waals surface area contributed by atoms with E-state index in [1.807, 2.05) is 60.7 Å². The van der Waals surface area contributed by atoms with E-state index in [9.17, 15) is 13.2 Å². The molecule has 3 rings (SSSR count). The number of rotatable bonds is 9. The lowest BCUT2D eigenvalue weighted by molar-refractivity contribution is -0.132. The maximum absolute atomic E-state index is 13.4. The molecule has 0 saturated heterocycles. The highest BCUT2D eigenvalue weighted by atomic mass is 32.2. The van der Waals surface area contributed by atoms with E-state index in [-0.39, 0.29) is 23.0 Å². The van der Waals surface area contributed by atoms with Gasteiger partial charge in [0.05, 0.1) is 7.11 Å². The molecule has 1 amide bonds. The number of carbonyl (C=O) groups is 1. The van der Waals surface area contributed by atoms with E-state index in [4.69, 9.17) is 4.74 Å². The molecule has 1 atom stereocenters. The Bertz CT molecular complexity index is 1150. The van der Waals surface area contributed by atoms with Crippen LogP contribution in [0.4, 0.5) is 0 Å². The van der Waals surface area contributed by atoms with Crippen molar-refractivity contribution in [3.63, 3.8) is 0 Å². The Kier molecular flexibility index (Phi) is 7.66. The third-order valence-electron chi connectivity index (χ3n) is 5.13. The smallest absolute Gasteiger partial charge is 0.244 e. The van der Waals surface area contributed by atoms with Crippen LogP contribution >= 0.6 is 0 Å². The summed E-state index contributed by atoms with van der Waals surface area (Å²) in [6.07, 6.45) is 0.228. The summed E-state index contributed by atoms with van der Waals surface area (Å²) in [6, 6.07) is 22.9. The van der Waals surface area contributed by atoms with Crippen LogP contribution in [0.5, 0.6) is 5.75 Å². The molecule has 1 N–H and O–H groups in total. The Morgan fingerprint density at radius 1 is 0.969 bits per heavy atom. The lowest BCUT2D eigenvalue weighted by atomic mass is 10.1. The van der Waals surface area contributed by atoms with Gasteiger partial charge in [-0.1, -0.05) is 66.7 Å². The molecule has 0 aromatic heterocycles. The maximum Gasteiger partial charge on any atom is 0.244 e. The first-order valence-corrected chi connectivity index (χ1v) is 11.8. The SMILES string of the molecule is COc1ccc(C)cc1S(=O)(=O)NC(Cc1ccccc1)C(=O)N(C)Cc1ccccc1. The molecule has 0 fully saturated rings. The number of methoxy groups -OCH3 is 1. The number of aryl methyl sites for hydroxylation is 1. The minimum absolute atomic E-state index is 0.0107. The number of nitrogens with zero attached hydrogens (tertiary/aromatic N) is 1. The summed E-state index contributed by atoms with van der Waals surface area (Å²) < 4.78 is 34.5. The molecule has 0 aliphatic carbocycles. The van der Waals surface area contributed by atoms with E-state index in [1.54, 1.807) is 37.1 Å². The van der Waals surface area contributed by atoms with Crippen molar-refractivity contribution >= 4 is 15.9 Å². The van der Waals surface area contributed by atoms with Crippen molar-refractivity contribution in [2.45, 2.75) is 30.8 Å². The van der Waals surface area contributed by atoms with Crippen molar-refractivity contribution in [3.8, 4) is 5.75 Å². The molecule has 0 saturated carbocycles. The van der Waals surface area contributed by atoms with Crippen LogP contribution in [-0.2, 0) is 27.8 Å². The summed E-state index contributed by atoms with van der Waals surface area (Å²) in [5.74, 6) is -0.0837. The second kappa shape index (κ2) is 10.4. The zero-order valence-corrected chi connectivity index (χ0v) is 19.3. The molecular formula is C25H28N2O4S. The van der Waals surface area contributed by atoms with Crippen LogP contribution in [0.15, 0.2) is 83.8 Å². The number of benzene rings is 3. The van der Waals surface area contributed by atoms with Gasteiger partial charge < -0.3 is 9.64 Å². The first-order chi connectivity index (χ1) is 15.3. The molecule has 0 aliphatic rings. The number of ether oxygens (including phenoxy) is 1. The Labute approximate surface area is 189 Å². The maximum atomic E-state index is 13.4. The first-order valence-electron chi connectivity index (χ1n) is 10.3. The highest BCUT2D eigenvalue weighted by Crippen LogP contribution is 2.25. The second-order valence-electron chi connectivity index (χ2n) is 7.70. The zero-order valence-electron chi connectivity index (χ0n) is 18.5. The molecule has 3 aromatic rings. The predicted molar refractivity (Wildman–Crippen MR) is 125 cm³/mol. The number of hydrogen-bond donors (Lipinski definition) is 1. The fraction of sp³-hybridized carbons (Fsp3) is 0.240. The zero-order chi connectivity index (χ0) is 23.1. The second-order valence-corrected chi connectivity index (χ2v) is 9.38. The van der Waals surface area contributed by atoms with Gasteiger partial charge >= 0.3 is 0 Å². The largest absolute Gasteiger partial charge is 0.495 e. The monoisotopic (exact) mass is 452 g/mol. The third-order valence-corrected chi connectivity index (χ3v) is 6.62. The van der Waals surface area contributed by atoms with Crippen molar-refractivity contribution < 1.29 is 17.9 Å². The summed E-state index contributed by atoms with van der Waals surface area (Å²) in [7, 11) is -0.923. The molecule has 7 heteroatoms. The van der Waals surface area contributed by atoms with E-state index < -0.39 is 16.1 Å². The molecule has 0 radical (unpaired) electrons. The van der Waals surface area contributed by atoms with Crippen LogP contribution in [0, 0.1) is 6.92 Å². The fourth-order valence-electron chi connectivity index (χ4n) is 3.48. The third kappa shape index (κ3) is 5.96. The van der Waals surface area contributed by atoms with Crippen LogP contribution in [0.3, 0.4) is 0 Å². The van der Waals surface area contributed by atoms with Crippen molar-refractivity contribution in [1.29, 1.82) is 0 Å². The molecular weight excluding hydrogens is 424 g/mol. The molecule has 168 valence electrons. The van der Waals surface area contributed by atoms with E-state index >= 15 is 0 Å². The van der Waals surface area contributed by atoms with E-state index in [0.29, 0.717) is 6.54 Å². The summed E-state index contributed by atoms with van der Waals surface area (Å²) in [4.78, 5) is 14.9. The lowest BCUT2D eigenvalue weighted by Crippen LogP contribution is -2.48. The average Bonchev–Trinajstić information content (AvgIpc) is 2.79. The minimum Gasteiger partial charge on any atom is -0.495 e. The van der Waals surface area contributed by atoms with Crippen molar-refractivity contribution in [2.75, 3.05) is 14.2 Å². The average molecular weight is 453 g/mol. The Morgan fingerprint density at radius 2 is 1.56 bits per heavy atom. The van der Waals surface area contributed by atoms with Gasteiger partial charge in [-0.3, -0.25) is 4.79 Å². The van der Waals surface area contributed by atoms with Gasteiger partial charge in [-0.25, -0.2) is 8.42 Å². The van der Waals surface area contributed by atoms with Crippen molar-refractivity contribution in [2.24, 2.45) is 0 Å². The van der Waals surface area contributed by atoms with Gasteiger partial charge in [0.1, 0.15) is 16.7 Å². The van der Waals surface area contributed by atoms with Crippen molar-refractivity contribution in [3.05, 3.63) is 95.6 Å². The Morgan fingerprint density at radius 3 is 2.16 bits per heavy atom. The van der Waals surface area contributed by atoms with Gasteiger partial charge in [0.2, 0.25) is 15.9 Å². The molecule has 3 aromatic carbocycles. The van der Waals surface area contributed by atoms with E-state index in [2.05, 4.69) is 4.72 Å². The summed E-state index contributed by atoms with van der Waals surface area (Å²) >= 11 is 0. The number of nitrogens with one attached hydrogen (secondary N) is 1. The molecule has 6 nitrogen and oxygen atoms in total. The normalized spacial score (nSPS) is 12.2. The number of amides is 1. The van der Waals surface area contributed by atoms with Gasteiger partial charge in [0.25, 0.3) is 0 Å². The van der Waals surface area contributed by atoms with Crippen LogP contribution in [-0.4, -0.2) is 39.4 Å². The first kappa shape index (κ1) is 23.5. The molecule has 0 spiro atoms. The van der Waals surface area contributed by atoms with Gasteiger partial charge in [-0.05, 0) is 42.2 Å².